The van der Waals surface area contributed by atoms with Gasteiger partial charge in [-0.05, 0) is 43.8 Å². The molecular weight excluding hydrogens is 388 g/mol. The molecule has 0 saturated carbocycles. The van der Waals surface area contributed by atoms with Gasteiger partial charge < -0.3 is 20.4 Å². The smallest absolute Gasteiger partial charge is 0.171 e. The first-order valence-electron chi connectivity index (χ1n) is 9.99. The Bertz CT molecular complexity index is 790. The first-order chi connectivity index (χ1) is 13.5. The molecule has 4 nitrogen and oxygen atoms in total. The van der Waals surface area contributed by atoms with E-state index in [1.807, 2.05) is 25.1 Å². The lowest BCUT2D eigenvalue weighted by Gasteiger charge is -2.37. The average molecular weight is 419 g/mol. The summed E-state index contributed by atoms with van der Waals surface area (Å²) in [4.78, 5) is 3.24. The van der Waals surface area contributed by atoms with Gasteiger partial charge in [-0.2, -0.15) is 0 Å². The molecule has 0 amide bonds. The molecule has 0 spiro atoms. The van der Waals surface area contributed by atoms with Gasteiger partial charge in [0.05, 0.1) is 13.1 Å². The summed E-state index contributed by atoms with van der Waals surface area (Å²) in [5.74, 6) is 0. The van der Waals surface area contributed by atoms with Gasteiger partial charge in [-0.3, -0.25) is 0 Å². The van der Waals surface area contributed by atoms with Gasteiger partial charge in [0.2, 0.25) is 0 Å². The van der Waals surface area contributed by atoms with Gasteiger partial charge in [0, 0.05) is 16.3 Å². The molecule has 3 rings (SSSR count). The number of quaternary nitrogens is 2. The number of nitrogens with one attached hydrogen (secondary N) is 4. The number of anilines is 1. The molecule has 1 saturated heterocycles. The molecule has 6 heteroatoms. The number of thiocarbonyl (C=S) groups is 1. The van der Waals surface area contributed by atoms with Crippen molar-refractivity contribution in [3.8, 4) is 0 Å². The van der Waals surface area contributed by atoms with E-state index in [-0.39, 0.29) is 6.04 Å². The predicted octanol–water partition coefficient (Wildman–Crippen LogP) is 1.48. The number of hydrogen-bond acceptors (Lipinski definition) is 1. The number of hydrogen-bond donors (Lipinski definition) is 4. The average Bonchev–Trinajstić information content (AvgIpc) is 2.68. The lowest BCUT2D eigenvalue weighted by molar-refractivity contribution is -1.02. The van der Waals surface area contributed by atoms with Crippen LogP contribution in [0.2, 0.25) is 5.02 Å². The lowest BCUT2D eigenvalue weighted by Crippen LogP contribution is -3.27. The Morgan fingerprint density at radius 3 is 2.39 bits per heavy atom. The van der Waals surface area contributed by atoms with Crippen LogP contribution in [0.3, 0.4) is 0 Å². The second-order valence-corrected chi connectivity index (χ2v) is 8.62. The highest BCUT2D eigenvalue weighted by molar-refractivity contribution is 7.80. The first-order valence-corrected chi connectivity index (χ1v) is 10.8. The third kappa shape index (κ3) is 5.23. The standard InChI is InChI=1S/C22H29ClN4S/c1-16-19(23)10-7-11-20(16)25-22(28)24-17(2)21(18-8-5-4-6-9-18)27-14-12-26(3)13-15-27/h4-11,17,21H,12-15H2,1-3H3,(H2,24,25,28)/p+2/t17-,21-/m1/s1. The molecule has 2 aromatic rings. The topological polar surface area (TPSA) is 32.9 Å². The van der Waals surface area contributed by atoms with E-state index in [1.165, 1.54) is 31.7 Å². The summed E-state index contributed by atoms with van der Waals surface area (Å²) in [5, 5.41) is 8.23. The minimum absolute atomic E-state index is 0.204. The van der Waals surface area contributed by atoms with Crippen LogP contribution in [0.25, 0.3) is 0 Å². The maximum atomic E-state index is 6.24. The molecule has 2 aromatic carbocycles. The number of halogens is 1. The summed E-state index contributed by atoms with van der Waals surface area (Å²) in [5.41, 5.74) is 3.32. The first kappa shape index (κ1) is 21.1. The van der Waals surface area contributed by atoms with Crippen LogP contribution < -0.4 is 20.4 Å². The van der Waals surface area contributed by atoms with Gasteiger partial charge in [-0.15, -0.1) is 0 Å². The van der Waals surface area contributed by atoms with Crippen molar-refractivity contribution in [2.75, 3.05) is 38.5 Å². The van der Waals surface area contributed by atoms with E-state index in [4.69, 9.17) is 23.8 Å². The van der Waals surface area contributed by atoms with E-state index in [0.29, 0.717) is 11.2 Å². The highest BCUT2D eigenvalue weighted by Gasteiger charge is 2.33. The van der Waals surface area contributed by atoms with Gasteiger partial charge in [0.1, 0.15) is 32.2 Å². The van der Waals surface area contributed by atoms with E-state index >= 15 is 0 Å². The lowest BCUT2D eigenvalue weighted by atomic mass is 9.98. The number of rotatable bonds is 5. The highest BCUT2D eigenvalue weighted by atomic mass is 35.5. The van der Waals surface area contributed by atoms with E-state index < -0.39 is 0 Å². The van der Waals surface area contributed by atoms with Crippen LogP contribution in [-0.2, 0) is 0 Å². The minimum Gasteiger partial charge on any atom is -0.354 e. The number of piperazine rings is 1. The normalized spacial score (nSPS) is 21.6. The van der Waals surface area contributed by atoms with Crippen LogP contribution in [0.4, 0.5) is 5.69 Å². The Kier molecular flexibility index (Phi) is 7.30. The molecule has 1 aliphatic rings. The molecule has 1 fully saturated rings. The Morgan fingerprint density at radius 2 is 1.71 bits per heavy atom. The van der Waals surface area contributed by atoms with Crippen LogP contribution >= 0.6 is 23.8 Å². The molecule has 0 unspecified atom stereocenters. The van der Waals surface area contributed by atoms with Crippen LogP contribution in [-0.4, -0.2) is 44.4 Å². The summed E-state index contributed by atoms with van der Waals surface area (Å²) in [7, 11) is 2.28. The molecule has 0 aromatic heterocycles. The molecular formula is C22H31ClN4S+2. The molecule has 28 heavy (non-hydrogen) atoms. The van der Waals surface area contributed by atoms with Crippen molar-refractivity contribution in [3.05, 3.63) is 64.7 Å². The third-order valence-electron chi connectivity index (χ3n) is 5.72. The van der Waals surface area contributed by atoms with E-state index in [9.17, 15) is 0 Å². The minimum atomic E-state index is 0.204. The molecule has 0 aliphatic carbocycles. The maximum Gasteiger partial charge on any atom is 0.171 e. The van der Waals surface area contributed by atoms with Gasteiger partial charge in [-0.25, -0.2) is 0 Å². The Balaban J connectivity index is 1.72. The summed E-state index contributed by atoms with van der Waals surface area (Å²) < 4.78 is 0. The van der Waals surface area contributed by atoms with Crippen molar-refractivity contribution in [1.29, 1.82) is 0 Å². The van der Waals surface area contributed by atoms with E-state index in [0.717, 1.165) is 16.3 Å². The predicted molar refractivity (Wildman–Crippen MR) is 122 cm³/mol. The SMILES string of the molecule is Cc1c(Cl)cccc1NC(=S)N[C@H](C)[C@H](c1ccccc1)[NH+]1CC[NH+](C)CC1. The van der Waals surface area contributed by atoms with Crippen molar-refractivity contribution < 1.29 is 9.80 Å². The summed E-state index contributed by atoms with van der Waals surface area (Å²) >= 11 is 11.9. The molecule has 0 radical (unpaired) electrons. The fourth-order valence-corrected chi connectivity index (χ4v) is 4.51. The van der Waals surface area contributed by atoms with E-state index in [2.05, 4.69) is 54.9 Å². The molecule has 1 aliphatic heterocycles. The van der Waals surface area contributed by atoms with Crippen molar-refractivity contribution in [3.63, 3.8) is 0 Å². The fourth-order valence-electron chi connectivity index (χ4n) is 4.04. The zero-order chi connectivity index (χ0) is 20.1. The Morgan fingerprint density at radius 1 is 1.04 bits per heavy atom. The molecule has 4 N–H and O–H groups in total. The van der Waals surface area contributed by atoms with E-state index in [1.54, 1.807) is 9.80 Å². The zero-order valence-corrected chi connectivity index (χ0v) is 18.5. The molecule has 1 heterocycles. The van der Waals surface area contributed by atoms with Crippen molar-refractivity contribution >= 4 is 34.6 Å². The van der Waals surface area contributed by atoms with Crippen molar-refractivity contribution in [2.45, 2.75) is 25.9 Å². The van der Waals surface area contributed by atoms with Crippen molar-refractivity contribution in [2.24, 2.45) is 0 Å². The second-order valence-electron chi connectivity index (χ2n) is 7.80. The number of likely N-dealkylation sites (N-methyl/N-ethyl adjacent to an activating group) is 1. The summed E-state index contributed by atoms with van der Waals surface area (Å²) in [6, 6.07) is 17.2. The van der Waals surface area contributed by atoms with Crippen LogP contribution in [0, 0.1) is 6.92 Å². The van der Waals surface area contributed by atoms with Crippen LogP contribution in [0.15, 0.2) is 48.5 Å². The van der Waals surface area contributed by atoms with Crippen molar-refractivity contribution in [1.82, 2.24) is 5.32 Å². The quantitative estimate of drug-likeness (QED) is 0.555. The van der Waals surface area contributed by atoms with Gasteiger partial charge >= 0.3 is 0 Å². The summed E-state index contributed by atoms with van der Waals surface area (Å²) in [6.45, 7) is 8.98. The van der Waals surface area contributed by atoms with Gasteiger partial charge in [0.25, 0.3) is 0 Å². The Hall–Kier alpha value is -1.66. The molecule has 2 atom stereocenters. The highest BCUT2D eigenvalue weighted by Crippen LogP contribution is 2.23. The second kappa shape index (κ2) is 9.70. The fraction of sp³-hybridized carbons (Fsp3) is 0.409. The van der Waals surface area contributed by atoms with Crippen LogP contribution in [0.1, 0.15) is 24.1 Å². The summed E-state index contributed by atoms with van der Waals surface area (Å²) in [6.07, 6.45) is 0. The maximum absolute atomic E-state index is 6.24. The van der Waals surface area contributed by atoms with Crippen LogP contribution in [0.5, 0.6) is 0 Å². The Labute approximate surface area is 178 Å². The third-order valence-corrected chi connectivity index (χ3v) is 6.35. The van der Waals surface area contributed by atoms with Gasteiger partial charge in [-0.1, -0.05) is 48.0 Å². The molecule has 150 valence electrons. The zero-order valence-electron chi connectivity index (χ0n) is 16.9. The van der Waals surface area contributed by atoms with Gasteiger partial charge in [0.15, 0.2) is 5.11 Å². The largest absolute Gasteiger partial charge is 0.354 e. The number of benzene rings is 2. The monoisotopic (exact) mass is 418 g/mol. The molecule has 0 bridgehead atoms.